The van der Waals surface area contributed by atoms with E-state index in [9.17, 15) is 23.5 Å². The summed E-state index contributed by atoms with van der Waals surface area (Å²) >= 11 is 0. The van der Waals surface area contributed by atoms with Crippen LogP contribution in [0.2, 0.25) is 0 Å². The van der Waals surface area contributed by atoms with Crippen LogP contribution in [-0.4, -0.2) is 45.9 Å². The number of benzene rings is 1. The summed E-state index contributed by atoms with van der Waals surface area (Å²) in [6.45, 7) is 4.43. The predicted octanol–water partition coefficient (Wildman–Crippen LogP) is 2.69. The molecule has 2 atom stereocenters. The van der Waals surface area contributed by atoms with E-state index in [4.69, 9.17) is 9.47 Å². The van der Waals surface area contributed by atoms with Crippen LogP contribution in [0.4, 0.5) is 13.6 Å². The zero-order chi connectivity index (χ0) is 18.8. The maximum atomic E-state index is 14.2. The predicted molar refractivity (Wildman–Crippen MR) is 83.7 cm³/mol. The van der Waals surface area contributed by atoms with Gasteiger partial charge in [-0.2, -0.15) is 0 Å². The number of hydrogen-bond acceptors (Lipinski definition) is 5. The lowest BCUT2D eigenvalue weighted by atomic mass is 10.1. The minimum atomic E-state index is -3.62. The Balaban J connectivity index is 2.15. The maximum absolute atomic E-state index is 14.2. The van der Waals surface area contributed by atoms with Crippen molar-refractivity contribution >= 4 is 12.1 Å². The first-order chi connectivity index (χ1) is 11.5. The van der Waals surface area contributed by atoms with Crippen molar-refractivity contribution in [1.29, 1.82) is 0 Å². The van der Waals surface area contributed by atoms with Gasteiger partial charge in [-0.25, -0.2) is 18.4 Å². The van der Waals surface area contributed by atoms with E-state index in [0.29, 0.717) is 10.5 Å². The van der Waals surface area contributed by atoms with Crippen LogP contribution in [0.3, 0.4) is 0 Å². The standard InChI is InChI=1S/C17H21F2NO5/c1-16(2,3)25-15(23)20-12(21)9-17(18,19)13(20)14(22)24-10-11-7-5-4-6-8-11/h4-8,12-13,21H,9-10H2,1-3H3/t12?,13-/m1/s1. The molecule has 1 fully saturated rings. The van der Waals surface area contributed by atoms with Crippen LogP contribution < -0.4 is 0 Å². The van der Waals surface area contributed by atoms with Gasteiger partial charge in [0.25, 0.3) is 5.92 Å². The molecule has 0 saturated carbocycles. The summed E-state index contributed by atoms with van der Waals surface area (Å²) < 4.78 is 38.3. The van der Waals surface area contributed by atoms with Crippen LogP contribution in [0.1, 0.15) is 32.8 Å². The molecule has 1 saturated heterocycles. The number of carbonyl (C=O) groups excluding carboxylic acids is 2. The first-order valence-corrected chi connectivity index (χ1v) is 7.79. The van der Waals surface area contributed by atoms with Gasteiger partial charge in [0.1, 0.15) is 18.4 Å². The molecule has 1 amide bonds. The number of alkyl halides is 2. The Morgan fingerprint density at radius 3 is 2.44 bits per heavy atom. The number of hydrogen-bond donors (Lipinski definition) is 1. The van der Waals surface area contributed by atoms with Crippen molar-refractivity contribution in [3.05, 3.63) is 35.9 Å². The highest BCUT2D eigenvalue weighted by atomic mass is 19.3. The smallest absolute Gasteiger partial charge is 0.413 e. The van der Waals surface area contributed by atoms with Gasteiger partial charge < -0.3 is 14.6 Å². The van der Waals surface area contributed by atoms with Gasteiger partial charge in [-0.3, -0.25) is 4.90 Å². The second-order valence-electron chi connectivity index (χ2n) is 6.83. The van der Waals surface area contributed by atoms with E-state index in [1.165, 1.54) is 0 Å². The number of aliphatic hydroxyl groups excluding tert-OH is 1. The fraction of sp³-hybridized carbons (Fsp3) is 0.529. The van der Waals surface area contributed by atoms with Crippen molar-refractivity contribution in [3.63, 3.8) is 0 Å². The van der Waals surface area contributed by atoms with Crippen molar-refractivity contribution in [3.8, 4) is 0 Å². The molecule has 25 heavy (non-hydrogen) atoms. The molecule has 1 aliphatic heterocycles. The van der Waals surface area contributed by atoms with Gasteiger partial charge in [0.05, 0.1) is 6.42 Å². The van der Waals surface area contributed by atoms with Crippen LogP contribution in [0.5, 0.6) is 0 Å². The number of nitrogens with zero attached hydrogens (tertiary/aromatic N) is 1. The van der Waals surface area contributed by atoms with E-state index in [1.54, 1.807) is 51.1 Å². The van der Waals surface area contributed by atoms with E-state index in [2.05, 4.69) is 0 Å². The van der Waals surface area contributed by atoms with E-state index < -0.39 is 42.3 Å². The molecule has 0 aromatic heterocycles. The Hall–Kier alpha value is -2.22. The highest BCUT2D eigenvalue weighted by Crippen LogP contribution is 2.39. The quantitative estimate of drug-likeness (QED) is 0.842. The summed E-state index contributed by atoms with van der Waals surface area (Å²) in [6, 6.07) is 6.29. The Labute approximate surface area is 144 Å². The zero-order valence-electron chi connectivity index (χ0n) is 14.2. The van der Waals surface area contributed by atoms with Crippen molar-refractivity contribution in [2.24, 2.45) is 0 Å². The van der Waals surface area contributed by atoms with Gasteiger partial charge in [-0.1, -0.05) is 30.3 Å². The molecule has 0 aliphatic carbocycles. The maximum Gasteiger partial charge on any atom is 0.413 e. The highest BCUT2D eigenvalue weighted by Gasteiger charge is 2.60. The summed E-state index contributed by atoms with van der Waals surface area (Å²) in [5, 5.41) is 9.83. The molecule has 8 heteroatoms. The van der Waals surface area contributed by atoms with Gasteiger partial charge in [0.2, 0.25) is 0 Å². The average Bonchev–Trinajstić information content (AvgIpc) is 2.73. The Morgan fingerprint density at radius 2 is 1.88 bits per heavy atom. The molecule has 0 bridgehead atoms. The largest absolute Gasteiger partial charge is 0.459 e. The lowest BCUT2D eigenvalue weighted by Crippen LogP contribution is -2.51. The molecule has 6 nitrogen and oxygen atoms in total. The fourth-order valence-corrected chi connectivity index (χ4v) is 2.46. The van der Waals surface area contributed by atoms with Gasteiger partial charge in [0.15, 0.2) is 6.04 Å². The molecule has 1 aliphatic rings. The SMILES string of the molecule is CC(C)(C)OC(=O)N1C(O)CC(F)(F)[C@H]1C(=O)OCc1ccccc1. The van der Waals surface area contributed by atoms with E-state index in [1.807, 2.05) is 0 Å². The van der Waals surface area contributed by atoms with Gasteiger partial charge in [-0.15, -0.1) is 0 Å². The summed E-state index contributed by atoms with van der Waals surface area (Å²) in [5.74, 6) is -4.92. The molecule has 1 N–H and O–H groups in total. The number of carbonyl (C=O) groups is 2. The van der Waals surface area contributed by atoms with Crippen molar-refractivity contribution in [2.75, 3.05) is 0 Å². The monoisotopic (exact) mass is 357 g/mol. The van der Waals surface area contributed by atoms with Crippen LogP contribution in [0, 0.1) is 0 Å². The molecule has 1 heterocycles. The van der Waals surface area contributed by atoms with Gasteiger partial charge in [0, 0.05) is 0 Å². The summed E-state index contributed by atoms with van der Waals surface area (Å²) in [4.78, 5) is 24.7. The third kappa shape index (κ3) is 4.66. The molecule has 2 rings (SSSR count). The van der Waals surface area contributed by atoms with Crippen molar-refractivity contribution in [1.82, 2.24) is 4.90 Å². The lowest BCUT2D eigenvalue weighted by Gasteiger charge is -2.30. The normalized spacial score (nSPS) is 22.6. The van der Waals surface area contributed by atoms with Crippen molar-refractivity contribution < 1.29 is 33.0 Å². The van der Waals surface area contributed by atoms with E-state index >= 15 is 0 Å². The number of rotatable bonds is 3. The molecule has 1 aromatic rings. The third-order valence-electron chi connectivity index (χ3n) is 3.51. The third-order valence-corrected chi connectivity index (χ3v) is 3.51. The number of esters is 1. The number of amides is 1. The molecule has 138 valence electrons. The summed E-state index contributed by atoms with van der Waals surface area (Å²) in [6.07, 6.45) is -4.09. The number of aliphatic hydroxyl groups is 1. The number of likely N-dealkylation sites (tertiary alicyclic amines) is 1. The minimum absolute atomic E-state index is 0.218. The van der Waals surface area contributed by atoms with Gasteiger partial charge in [-0.05, 0) is 26.3 Å². The highest BCUT2D eigenvalue weighted by molar-refractivity contribution is 5.83. The molecule has 0 spiro atoms. The Bertz CT molecular complexity index is 630. The Morgan fingerprint density at radius 1 is 1.28 bits per heavy atom. The number of ether oxygens (including phenoxy) is 2. The average molecular weight is 357 g/mol. The fourth-order valence-electron chi connectivity index (χ4n) is 2.46. The first kappa shape index (κ1) is 19.1. The Kier molecular flexibility index (Phi) is 5.31. The zero-order valence-corrected chi connectivity index (χ0v) is 14.2. The second-order valence-corrected chi connectivity index (χ2v) is 6.83. The molecular weight excluding hydrogens is 336 g/mol. The van der Waals surface area contributed by atoms with Crippen molar-refractivity contribution in [2.45, 2.75) is 57.6 Å². The molecule has 0 radical (unpaired) electrons. The molecular formula is C17H21F2NO5. The van der Waals surface area contributed by atoms with Crippen LogP contribution in [0.25, 0.3) is 0 Å². The molecule has 1 aromatic carbocycles. The summed E-state index contributed by atoms with van der Waals surface area (Å²) in [7, 11) is 0. The van der Waals surface area contributed by atoms with Crippen LogP contribution in [-0.2, 0) is 20.9 Å². The minimum Gasteiger partial charge on any atom is -0.459 e. The second kappa shape index (κ2) is 6.95. The topological polar surface area (TPSA) is 76.1 Å². The molecule has 1 unspecified atom stereocenters. The first-order valence-electron chi connectivity index (χ1n) is 7.79. The number of halogens is 2. The summed E-state index contributed by atoms with van der Waals surface area (Å²) in [5.41, 5.74) is -0.353. The van der Waals surface area contributed by atoms with Gasteiger partial charge >= 0.3 is 12.1 Å². The van der Waals surface area contributed by atoms with E-state index in [0.717, 1.165) is 0 Å². The van der Waals surface area contributed by atoms with Crippen LogP contribution >= 0.6 is 0 Å². The lowest BCUT2D eigenvalue weighted by molar-refractivity contribution is -0.161. The van der Waals surface area contributed by atoms with Crippen LogP contribution in [0.15, 0.2) is 30.3 Å². The van der Waals surface area contributed by atoms with E-state index in [-0.39, 0.29) is 6.61 Å².